The molecule has 0 saturated carbocycles. The molecule has 0 heterocycles. The van der Waals surface area contributed by atoms with Crippen molar-refractivity contribution in [1.29, 1.82) is 0 Å². The van der Waals surface area contributed by atoms with E-state index in [1.165, 1.54) is 0 Å². The van der Waals surface area contributed by atoms with Gasteiger partial charge < -0.3 is 5.11 Å². The minimum Gasteiger partial charge on any atom is -0.481 e. The molecule has 0 bridgehead atoms. The summed E-state index contributed by atoms with van der Waals surface area (Å²) in [6, 6.07) is 7.80. The predicted octanol–water partition coefficient (Wildman–Crippen LogP) is 2.68. The molecule has 0 aliphatic heterocycles. The molecule has 0 aliphatic rings. The first-order valence-electron chi connectivity index (χ1n) is 5.08. The van der Waals surface area contributed by atoms with Gasteiger partial charge in [-0.05, 0) is 30.5 Å². The molecule has 1 aromatic rings. The summed E-state index contributed by atoms with van der Waals surface area (Å²) < 4.78 is 0. The van der Waals surface area contributed by atoms with E-state index >= 15 is 0 Å². The largest absolute Gasteiger partial charge is 0.481 e. The smallest absolute Gasteiger partial charge is 0.303 e. The Morgan fingerprint density at radius 3 is 2.56 bits per heavy atom. The summed E-state index contributed by atoms with van der Waals surface area (Å²) >= 11 is 5.45. The molecule has 0 aliphatic carbocycles. The average molecular weight is 237 g/mol. The van der Waals surface area contributed by atoms with Crippen LogP contribution in [0.2, 0.25) is 0 Å². The van der Waals surface area contributed by atoms with Crippen LogP contribution in [0.5, 0.6) is 0 Å². The van der Waals surface area contributed by atoms with E-state index in [9.17, 15) is 4.79 Å². The summed E-state index contributed by atoms with van der Waals surface area (Å²) in [7, 11) is 0. The van der Waals surface area contributed by atoms with Gasteiger partial charge in [-0.15, -0.1) is 11.6 Å². The number of benzene rings is 1. The van der Waals surface area contributed by atoms with Gasteiger partial charge in [0.25, 0.3) is 0 Å². The van der Waals surface area contributed by atoms with E-state index in [-0.39, 0.29) is 6.42 Å². The normalized spacial score (nSPS) is 9.31. The second-order valence-corrected chi connectivity index (χ2v) is 3.65. The number of rotatable bonds is 4. The molecule has 1 aromatic carbocycles. The van der Waals surface area contributed by atoms with Gasteiger partial charge in [-0.1, -0.05) is 24.0 Å². The average Bonchev–Trinajstić information content (AvgIpc) is 2.27. The van der Waals surface area contributed by atoms with Crippen molar-refractivity contribution in [3.05, 3.63) is 35.4 Å². The molecule has 2 nitrogen and oxygen atoms in total. The molecule has 0 saturated heterocycles. The van der Waals surface area contributed by atoms with Crippen LogP contribution in [0.15, 0.2) is 24.3 Å². The van der Waals surface area contributed by atoms with Crippen molar-refractivity contribution < 1.29 is 9.90 Å². The zero-order valence-electron chi connectivity index (χ0n) is 8.87. The maximum Gasteiger partial charge on any atom is 0.303 e. The summed E-state index contributed by atoms with van der Waals surface area (Å²) in [6.45, 7) is 0. The first kappa shape index (κ1) is 12.6. The van der Waals surface area contributed by atoms with Gasteiger partial charge in [0.15, 0.2) is 0 Å². The number of halogens is 1. The molecule has 0 fully saturated rings. The summed E-state index contributed by atoms with van der Waals surface area (Å²) in [6.07, 6.45) is 1.67. The Labute approximate surface area is 100 Å². The topological polar surface area (TPSA) is 37.3 Å². The molecule has 84 valence electrons. The fourth-order valence-corrected chi connectivity index (χ4v) is 1.40. The van der Waals surface area contributed by atoms with E-state index in [2.05, 4.69) is 11.8 Å². The molecule has 1 N–H and O–H groups in total. The molecule has 0 radical (unpaired) electrons. The van der Waals surface area contributed by atoms with Crippen molar-refractivity contribution in [3.63, 3.8) is 0 Å². The van der Waals surface area contributed by atoms with Gasteiger partial charge in [-0.3, -0.25) is 4.79 Å². The quantitative estimate of drug-likeness (QED) is 0.645. The van der Waals surface area contributed by atoms with E-state index < -0.39 is 5.97 Å². The van der Waals surface area contributed by atoms with Crippen molar-refractivity contribution in [3.8, 4) is 11.8 Å². The number of carboxylic acids is 1. The summed E-state index contributed by atoms with van der Waals surface area (Å²) in [5.74, 6) is 5.29. The van der Waals surface area contributed by atoms with Crippen LogP contribution < -0.4 is 0 Å². The molecule has 0 aromatic heterocycles. The molecule has 3 heteroatoms. The number of aryl methyl sites for hydroxylation is 1. The Kier molecular flexibility index (Phi) is 5.45. The lowest BCUT2D eigenvalue weighted by Crippen LogP contribution is -1.95. The Bertz CT molecular complexity index is 398. The maximum absolute atomic E-state index is 10.3. The van der Waals surface area contributed by atoms with Crippen LogP contribution in [0.3, 0.4) is 0 Å². The molecule has 1 rings (SSSR count). The lowest BCUT2D eigenvalue weighted by Gasteiger charge is -1.99. The fourth-order valence-electron chi connectivity index (χ4n) is 1.33. The SMILES string of the molecule is O=C(O)CCCc1ccc(C#CCCl)cc1. The van der Waals surface area contributed by atoms with E-state index in [1.807, 2.05) is 24.3 Å². The van der Waals surface area contributed by atoms with Crippen LogP contribution in [-0.4, -0.2) is 17.0 Å². The van der Waals surface area contributed by atoms with Crippen molar-refractivity contribution in [2.75, 3.05) is 5.88 Å². The van der Waals surface area contributed by atoms with Crippen LogP contribution in [-0.2, 0) is 11.2 Å². The molecule has 0 atom stereocenters. The van der Waals surface area contributed by atoms with E-state index in [1.54, 1.807) is 0 Å². The van der Waals surface area contributed by atoms with Gasteiger partial charge >= 0.3 is 5.97 Å². The standard InChI is InChI=1S/C13H13ClO2/c14-10-2-4-12-8-6-11(7-9-12)3-1-5-13(15)16/h6-9H,1,3,5,10H2,(H,15,16). The maximum atomic E-state index is 10.3. The van der Waals surface area contributed by atoms with Gasteiger partial charge in [-0.2, -0.15) is 0 Å². The highest BCUT2D eigenvalue weighted by atomic mass is 35.5. The first-order valence-corrected chi connectivity index (χ1v) is 5.61. The van der Waals surface area contributed by atoms with Gasteiger partial charge in [0, 0.05) is 12.0 Å². The minimum absolute atomic E-state index is 0.216. The lowest BCUT2D eigenvalue weighted by molar-refractivity contribution is -0.137. The molecular weight excluding hydrogens is 224 g/mol. The molecule has 0 spiro atoms. The van der Waals surface area contributed by atoms with Gasteiger partial charge in [0.1, 0.15) is 0 Å². The summed E-state index contributed by atoms with van der Waals surface area (Å²) in [5.41, 5.74) is 2.07. The van der Waals surface area contributed by atoms with Gasteiger partial charge in [0.2, 0.25) is 0 Å². The number of carbonyl (C=O) groups is 1. The monoisotopic (exact) mass is 236 g/mol. The third kappa shape index (κ3) is 4.86. The van der Waals surface area contributed by atoms with E-state index in [0.717, 1.165) is 17.5 Å². The Balaban J connectivity index is 2.48. The lowest BCUT2D eigenvalue weighted by atomic mass is 10.1. The first-order chi connectivity index (χ1) is 7.72. The van der Waals surface area contributed by atoms with Gasteiger partial charge in [-0.25, -0.2) is 0 Å². The van der Waals surface area contributed by atoms with Crippen molar-refractivity contribution >= 4 is 17.6 Å². The third-order valence-electron chi connectivity index (χ3n) is 2.11. The van der Waals surface area contributed by atoms with Crippen LogP contribution in [0.1, 0.15) is 24.0 Å². The third-order valence-corrected chi connectivity index (χ3v) is 2.24. The van der Waals surface area contributed by atoms with Crippen LogP contribution >= 0.6 is 11.6 Å². The van der Waals surface area contributed by atoms with Crippen LogP contribution in [0.4, 0.5) is 0 Å². The van der Waals surface area contributed by atoms with Crippen molar-refractivity contribution in [2.24, 2.45) is 0 Å². The highest BCUT2D eigenvalue weighted by Gasteiger charge is 1.98. The molecular formula is C13H13ClO2. The second kappa shape index (κ2) is 6.92. The number of hydrogen-bond donors (Lipinski definition) is 1. The van der Waals surface area contributed by atoms with E-state index in [4.69, 9.17) is 16.7 Å². The highest BCUT2D eigenvalue weighted by Crippen LogP contribution is 2.07. The zero-order valence-corrected chi connectivity index (χ0v) is 9.63. The zero-order chi connectivity index (χ0) is 11.8. The molecule has 0 unspecified atom stereocenters. The second-order valence-electron chi connectivity index (χ2n) is 3.38. The number of alkyl halides is 1. The summed E-state index contributed by atoms with van der Waals surface area (Å²) in [5, 5.41) is 8.50. The number of aliphatic carboxylic acids is 1. The van der Waals surface area contributed by atoms with Crippen LogP contribution in [0.25, 0.3) is 0 Å². The van der Waals surface area contributed by atoms with E-state index in [0.29, 0.717) is 12.3 Å². The van der Waals surface area contributed by atoms with Crippen molar-refractivity contribution in [1.82, 2.24) is 0 Å². The molecule has 16 heavy (non-hydrogen) atoms. The van der Waals surface area contributed by atoms with Gasteiger partial charge in [0.05, 0.1) is 5.88 Å². The van der Waals surface area contributed by atoms with Crippen LogP contribution in [0, 0.1) is 11.8 Å². The highest BCUT2D eigenvalue weighted by molar-refractivity contribution is 6.19. The molecule has 0 amide bonds. The summed E-state index contributed by atoms with van der Waals surface area (Å²) in [4.78, 5) is 10.3. The Morgan fingerprint density at radius 2 is 2.00 bits per heavy atom. The predicted molar refractivity (Wildman–Crippen MR) is 64.6 cm³/mol. The Morgan fingerprint density at radius 1 is 1.31 bits per heavy atom. The number of hydrogen-bond acceptors (Lipinski definition) is 1. The fraction of sp³-hybridized carbons (Fsp3) is 0.308. The minimum atomic E-state index is -0.746. The number of carboxylic acid groups (broad SMARTS) is 1. The Hall–Kier alpha value is -1.46. The van der Waals surface area contributed by atoms with Crippen molar-refractivity contribution in [2.45, 2.75) is 19.3 Å².